The van der Waals surface area contributed by atoms with Gasteiger partial charge in [-0.25, -0.2) is 9.97 Å². The van der Waals surface area contributed by atoms with Crippen LogP contribution in [0.4, 0.5) is 11.6 Å². The third-order valence-electron chi connectivity index (χ3n) is 2.99. The minimum absolute atomic E-state index is 0.569. The first-order valence-electron chi connectivity index (χ1n) is 7.09. The summed E-state index contributed by atoms with van der Waals surface area (Å²) in [6.07, 6.45) is 3.04. The highest BCUT2D eigenvalue weighted by Crippen LogP contribution is 2.15. The summed E-state index contributed by atoms with van der Waals surface area (Å²) in [5.74, 6) is 2.38. The van der Waals surface area contributed by atoms with Crippen molar-refractivity contribution in [2.45, 2.75) is 33.1 Å². The Morgan fingerprint density at radius 2 is 1.89 bits per heavy atom. The lowest BCUT2D eigenvalue weighted by Crippen LogP contribution is -2.28. The van der Waals surface area contributed by atoms with Gasteiger partial charge in [0.2, 0.25) is 0 Å². The molecule has 0 saturated carbocycles. The average molecular weight is 265 g/mol. The Morgan fingerprint density at radius 3 is 2.47 bits per heavy atom. The molecule has 0 atom stereocenters. The summed E-state index contributed by atoms with van der Waals surface area (Å²) >= 11 is 0. The smallest absolute Gasteiger partial charge is 0.134 e. The molecule has 5 nitrogen and oxygen atoms in total. The molecular formula is C14H27N5. The van der Waals surface area contributed by atoms with Gasteiger partial charge in [0.25, 0.3) is 0 Å². The van der Waals surface area contributed by atoms with Crippen LogP contribution in [-0.2, 0) is 6.42 Å². The third-order valence-corrected chi connectivity index (χ3v) is 2.99. The summed E-state index contributed by atoms with van der Waals surface area (Å²) in [7, 11) is 4.19. The molecular weight excluding hydrogens is 238 g/mol. The molecule has 0 fully saturated rings. The number of aromatic nitrogens is 2. The van der Waals surface area contributed by atoms with E-state index < -0.39 is 0 Å². The first-order valence-corrected chi connectivity index (χ1v) is 7.09. The number of aryl methyl sites for hydroxylation is 1. The molecule has 2 N–H and O–H groups in total. The van der Waals surface area contributed by atoms with E-state index in [1.165, 1.54) is 0 Å². The van der Waals surface area contributed by atoms with Gasteiger partial charge in [-0.1, -0.05) is 6.92 Å². The minimum Gasteiger partial charge on any atom is -0.384 e. The van der Waals surface area contributed by atoms with Crippen molar-refractivity contribution in [2.24, 2.45) is 0 Å². The molecule has 0 aliphatic heterocycles. The highest BCUT2D eigenvalue weighted by Gasteiger charge is 2.09. The lowest BCUT2D eigenvalue weighted by atomic mass is 10.3. The molecule has 0 radical (unpaired) electrons. The maximum Gasteiger partial charge on any atom is 0.134 e. The Bertz CT molecular complexity index is 378. The molecule has 5 heteroatoms. The zero-order chi connectivity index (χ0) is 14.3. The van der Waals surface area contributed by atoms with E-state index in [1.807, 2.05) is 6.07 Å². The topological polar surface area (TPSA) is 58.3 Å². The van der Waals surface area contributed by atoms with E-state index in [0.29, 0.717) is 5.82 Å². The second-order valence-corrected chi connectivity index (χ2v) is 5.05. The van der Waals surface area contributed by atoms with Crippen molar-refractivity contribution >= 4 is 11.6 Å². The second-order valence-electron chi connectivity index (χ2n) is 5.05. The third kappa shape index (κ3) is 5.42. The van der Waals surface area contributed by atoms with E-state index in [2.05, 4.69) is 47.7 Å². The molecule has 1 aromatic rings. The summed E-state index contributed by atoms with van der Waals surface area (Å²) in [5.41, 5.74) is 5.87. The zero-order valence-corrected chi connectivity index (χ0v) is 12.7. The number of nitrogens with two attached hydrogens (primary N) is 1. The Labute approximate surface area is 116 Å². The summed E-state index contributed by atoms with van der Waals surface area (Å²) < 4.78 is 0. The minimum atomic E-state index is 0.569. The van der Waals surface area contributed by atoms with E-state index in [1.54, 1.807) is 0 Å². The van der Waals surface area contributed by atoms with Crippen molar-refractivity contribution < 1.29 is 0 Å². The van der Waals surface area contributed by atoms with Crippen molar-refractivity contribution in [3.63, 3.8) is 0 Å². The number of nitrogens with zero attached hydrogens (tertiary/aromatic N) is 4. The van der Waals surface area contributed by atoms with Gasteiger partial charge in [0.1, 0.15) is 17.5 Å². The first kappa shape index (κ1) is 15.7. The lowest BCUT2D eigenvalue weighted by Gasteiger charge is -2.23. The van der Waals surface area contributed by atoms with Crippen LogP contribution >= 0.6 is 0 Å². The predicted molar refractivity (Wildman–Crippen MR) is 81.5 cm³/mol. The second kappa shape index (κ2) is 7.94. The largest absolute Gasteiger partial charge is 0.384 e. The zero-order valence-electron chi connectivity index (χ0n) is 12.7. The highest BCUT2D eigenvalue weighted by molar-refractivity contribution is 5.46. The molecule has 1 heterocycles. The molecule has 0 aliphatic rings. The molecule has 0 aromatic carbocycles. The van der Waals surface area contributed by atoms with Gasteiger partial charge in [-0.05, 0) is 40.4 Å². The normalized spacial score (nSPS) is 11.0. The molecule has 0 aliphatic carbocycles. The van der Waals surface area contributed by atoms with E-state index in [-0.39, 0.29) is 0 Å². The van der Waals surface area contributed by atoms with Gasteiger partial charge in [0.05, 0.1) is 0 Å². The van der Waals surface area contributed by atoms with Crippen molar-refractivity contribution in [2.75, 3.05) is 44.4 Å². The first-order chi connectivity index (χ1) is 9.06. The fourth-order valence-electron chi connectivity index (χ4n) is 2.01. The number of anilines is 2. The van der Waals surface area contributed by atoms with Crippen LogP contribution in [0.3, 0.4) is 0 Å². The maximum atomic E-state index is 5.87. The molecule has 0 unspecified atom stereocenters. The monoisotopic (exact) mass is 265 g/mol. The van der Waals surface area contributed by atoms with Gasteiger partial charge in [-0.15, -0.1) is 0 Å². The van der Waals surface area contributed by atoms with Crippen LogP contribution in [0.5, 0.6) is 0 Å². The SMILES string of the molecule is CCCc1nc(N)cc(N(CC)CCCN(C)C)n1. The van der Waals surface area contributed by atoms with Crippen LogP contribution in [0.25, 0.3) is 0 Å². The number of nitrogen functional groups attached to an aromatic ring is 1. The average Bonchev–Trinajstić information content (AvgIpc) is 2.34. The van der Waals surface area contributed by atoms with Crippen LogP contribution in [0.1, 0.15) is 32.5 Å². The standard InChI is InChI=1S/C14H27N5/c1-5-8-13-16-12(15)11-14(17-13)19(6-2)10-7-9-18(3)4/h11H,5-10H2,1-4H3,(H2,15,16,17). The van der Waals surface area contributed by atoms with Gasteiger partial charge in [0, 0.05) is 25.6 Å². The summed E-state index contributed by atoms with van der Waals surface area (Å²) in [6.45, 7) is 7.29. The van der Waals surface area contributed by atoms with Gasteiger partial charge in [-0.3, -0.25) is 0 Å². The molecule has 108 valence electrons. The molecule has 1 aromatic heterocycles. The molecule has 19 heavy (non-hydrogen) atoms. The molecule has 0 amide bonds. The number of hydrogen-bond acceptors (Lipinski definition) is 5. The van der Waals surface area contributed by atoms with Crippen molar-refractivity contribution in [1.29, 1.82) is 0 Å². The van der Waals surface area contributed by atoms with E-state index in [0.717, 1.165) is 50.5 Å². The van der Waals surface area contributed by atoms with Crippen molar-refractivity contribution in [1.82, 2.24) is 14.9 Å². The Morgan fingerprint density at radius 1 is 1.16 bits per heavy atom. The van der Waals surface area contributed by atoms with Gasteiger partial charge in [-0.2, -0.15) is 0 Å². The van der Waals surface area contributed by atoms with Crippen LogP contribution < -0.4 is 10.6 Å². The van der Waals surface area contributed by atoms with E-state index >= 15 is 0 Å². The fourth-order valence-corrected chi connectivity index (χ4v) is 2.01. The maximum absolute atomic E-state index is 5.87. The number of rotatable bonds is 8. The highest BCUT2D eigenvalue weighted by atomic mass is 15.2. The van der Waals surface area contributed by atoms with Crippen LogP contribution in [0.15, 0.2) is 6.07 Å². The lowest BCUT2D eigenvalue weighted by molar-refractivity contribution is 0.400. The molecule has 0 bridgehead atoms. The quantitative estimate of drug-likeness (QED) is 0.776. The summed E-state index contributed by atoms with van der Waals surface area (Å²) in [6, 6.07) is 1.87. The molecule has 0 saturated heterocycles. The van der Waals surface area contributed by atoms with Gasteiger partial charge < -0.3 is 15.5 Å². The Kier molecular flexibility index (Phi) is 6.56. The Hall–Kier alpha value is -1.36. The van der Waals surface area contributed by atoms with Gasteiger partial charge in [0.15, 0.2) is 0 Å². The number of hydrogen-bond donors (Lipinski definition) is 1. The van der Waals surface area contributed by atoms with Crippen LogP contribution in [0, 0.1) is 0 Å². The Balaban J connectivity index is 2.73. The molecule has 1 rings (SSSR count). The van der Waals surface area contributed by atoms with E-state index in [9.17, 15) is 0 Å². The summed E-state index contributed by atoms with van der Waals surface area (Å²) in [5, 5.41) is 0. The van der Waals surface area contributed by atoms with Crippen molar-refractivity contribution in [3.05, 3.63) is 11.9 Å². The summed E-state index contributed by atoms with van der Waals surface area (Å²) in [4.78, 5) is 13.4. The van der Waals surface area contributed by atoms with E-state index in [4.69, 9.17) is 5.73 Å². The molecule has 0 spiro atoms. The predicted octanol–water partition coefficient (Wildman–Crippen LogP) is 1.79. The van der Waals surface area contributed by atoms with Crippen molar-refractivity contribution in [3.8, 4) is 0 Å². The van der Waals surface area contributed by atoms with Crippen LogP contribution in [0.2, 0.25) is 0 Å². The van der Waals surface area contributed by atoms with Gasteiger partial charge >= 0.3 is 0 Å². The fraction of sp³-hybridized carbons (Fsp3) is 0.714. The van der Waals surface area contributed by atoms with Crippen LogP contribution in [-0.4, -0.2) is 48.6 Å².